The number of aromatic amines is 1. The van der Waals surface area contributed by atoms with Crippen molar-refractivity contribution in [2.75, 3.05) is 24.5 Å². The number of carbonyl (C=O) groups excluding carboxylic acids is 1. The zero-order valence-electron chi connectivity index (χ0n) is 18.5. The molecule has 3 aliphatic rings. The van der Waals surface area contributed by atoms with Crippen molar-refractivity contribution in [2.24, 2.45) is 0 Å². The van der Waals surface area contributed by atoms with Crippen LogP contribution < -0.4 is 4.90 Å². The van der Waals surface area contributed by atoms with E-state index in [2.05, 4.69) is 69.0 Å². The molecule has 166 valence electrons. The molecule has 0 bridgehead atoms. The first-order valence-corrected chi connectivity index (χ1v) is 11.5. The highest BCUT2D eigenvalue weighted by Crippen LogP contribution is 2.44. The Kier molecular flexibility index (Phi) is 4.70. The fourth-order valence-corrected chi connectivity index (χ4v) is 5.91. The molecule has 1 fully saturated rings. The van der Waals surface area contributed by atoms with Gasteiger partial charge in [-0.1, -0.05) is 43.0 Å². The van der Waals surface area contributed by atoms with Crippen LogP contribution in [0.4, 0.5) is 5.82 Å². The van der Waals surface area contributed by atoms with Crippen molar-refractivity contribution in [3.05, 3.63) is 71.4 Å². The van der Waals surface area contributed by atoms with E-state index in [1.807, 2.05) is 0 Å². The van der Waals surface area contributed by atoms with Gasteiger partial charge in [-0.25, -0.2) is 0 Å². The van der Waals surface area contributed by atoms with Crippen LogP contribution in [0.5, 0.6) is 0 Å². The first kappa shape index (κ1) is 20.0. The number of hydrogen-bond donors (Lipinski definition) is 1. The number of rotatable bonds is 4. The molecule has 3 aromatic rings. The second kappa shape index (κ2) is 7.75. The Morgan fingerprint density at radius 2 is 2.09 bits per heavy atom. The standard InChI is InChI=1S/C26H26N6O/c1-2-24(33)32-12-11-30(14-19(32)9-10-27)26-21-15-31(16-22(21)28-29-26)23-13-18-7-3-5-17-6-4-8-20(23)25(17)18/h2-8,19,23H,1,9,11-16H2,(H,28,29)/t19?,23-/m1/s1. The van der Waals surface area contributed by atoms with Gasteiger partial charge in [-0.15, -0.1) is 0 Å². The number of hydrogen-bond acceptors (Lipinski definition) is 5. The zero-order chi connectivity index (χ0) is 22.5. The van der Waals surface area contributed by atoms with Crippen molar-refractivity contribution in [2.45, 2.75) is 38.0 Å². The van der Waals surface area contributed by atoms with E-state index in [0.717, 1.165) is 25.3 Å². The molecule has 2 atom stereocenters. The number of carbonyl (C=O) groups is 1. The molecule has 33 heavy (non-hydrogen) atoms. The third-order valence-corrected chi connectivity index (χ3v) is 7.46. The first-order chi connectivity index (χ1) is 16.2. The topological polar surface area (TPSA) is 79.3 Å². The van der Waals surface area contributed by atoms with Crippen molar-refractivity contribution in [1.29, 1.82) is 5.26 Å². The third-order valence-electron chi connectivity index (χ3n) is 7.46. The second-order valence-electron chi connectivity index (χ2n) is 9.19. The molecular weight excluding hydrogens is 412 g/mol. The molecule has 2 aromatic carbocycles. The van der Waals surface area contributed by atoms with Gasteiger partial charge < -0.3 is 9.80 Å². The average molecular weight is 439 g/mol. The molecule has 1 amide bonds. The lowest BCUT2D eigenvalue weighted by Crippen LogP contribution is -2.55. The van der Waals surface area contributed by atoms with E-state index in [4.69, 9.17) is 0 Å². The predicted molar refractivity (Wildman–Crippen MR) is 126 cm³/mol. The Labute approximate surface area is 192 Å². The average Bonchev–Trinajstić information content (AvgIpc) is 3.53. The smallest absolute Gasteiger partial charge is 0.246 e. The van der Waals surface area contributed by atoms with E-state index < -0.39 is 0 Å². The quantitative estimate of drug-likeness (QED) is 0.633. The van der Waals surface area contributed by atoms with Gasteiger partial charge in [0.1, 0.15) is 0 Å². The fourth-order valence-electron chi connectivity index (χ4n) is 5.91. The van der Waals surface area contributed by atoms with E-state index >= 15 is 0 Å². The fraction of sp³-hybridized carbons (Fsp3) is 0.346. The lowest BCUT2D eigenvalue weighted by atomic mass is 10.0. The molecule has 0 spiro atoms. The van der Waals surface area contributed by atoms with Crippen molar-refractivity contribution in [3.8, 4) is 6.07 Å². The molecule has 1 N–H and O–H groups in total. The molecule has 1 aromatic heterocycles. The van der Waals surface area contributed by atoms with Gasteiger partial charge in [-0.05, 0) is 34.4 Å². The van der Waals surface area contributed by atoms with E-state index in [1.165, 1.54) is 39.2 Å². The van der Waals surface area contributed by atoms with E-state index in [-0.39, 0.29) is 11.9 Å². The van der Waals surface area contributed by atoms with Crippen molar-refractivity contribution in [3.63, 3.8) is 0 Å². The van der Waals surface area contributed by atoms with E-state index in [1.54, 1.807) is 4.90 Å². The summed E-state index contributed by atoms with van der Waals surface area (Å²) in [6.45, 7) is 7.20. The highest BCUT2D eigenvalue weighted by atomic mass is 16.2. The highest BCUT2D eigenvalue weighted by molar-refractivity contribution is 5.91. The first-order valence-electron chi connectivity index (χ1n) is 11.5. The number of nitriles is 1. The number of aromatic nitrogens is 2. The second-order valence-corrected chi connectivity index (χ2v) is 9.19. The predicted octanol–water partition coefficient (Wildman–Crippen LogP) is 3.29. The monoisotopic (exact) mass is 438 g/mol. The van der Waals surface area contributed by atoms with Crippen molar-refractivity contribution < 1.29 is 4.79 Å². The van der Waals surface area contributed by atoms with Gasteiger partial charge in [-0.2, -0.15) is 10.4 Å². The summed E-state index contributed by atoms with van der Waals surface area (Å²) in [5, 5.41) is 20.0. The minimum Gasteiger partial charge on any atom is -0.351 e. The van der Waals surface area contributed by atoms with E-state index in [0.29, 0.717) is 32.1 Å². The largest absolute Gasteiger partial charge is 0.351 e. The lowest BCUT2D eigenvalue weighted by Gasteiger charge is -2.40. The summed E-state index contributed by atoms with van der Waals surface area (Å²) in [5.41, 5.74) is 5.28. The van der Waals surface area contributed by atoms with Crippen LogP contribution in [0.25, 0.3) is 10.8 Å². The molecule has 1 saturated heterocycles. The molecule has 6 rings (SSSR count). The Morgan fingerprint density at radius 1 is 1.24 bits per heavy atom. The highest BCUT2D eigenvalue weighted by Gasteiger charge is 2.37. The van der Waals surface area contributed by atoms with Crippen LogP contribution >= 0.6 is 0 Å². The summed E-state index contributed by atoms with van der Waals surface area (Å²) in [5.74, 6) is 0.859. The molecule has 2 aliphatic heterocycles. The molecule has 7 nitrogen and oxygen atoms in total. The lowest BCUT2D eigenvalue weighted by molar-refractivity contribution is -0.128. The van der Waals surface area contributed by atoms with Gasteiger partial charge >= 0.3 is 0 Å². The summed E-state index contributed by atoms with van der Waals surface area (Å²) >= 11 is 0. The number of benzene rings is 2. The summed E-state index contributed by atoms with van der Waals surface area (Å²) in [7, 11) is 0. The third kappa shape index (κ3) is 3.13. The Balaban J connectivity index is 1.24. The molecule has 1 aliphatic carbocycles. The van der Waals surface area contributed by atoms with Crippen LogP contribution in [0.1, 0.15) is 34.8 Å². The van der Waals surface area contributed by atoms with Gasteiger partial charge in [0.25, 0.3) is 0 Å². The number of H-pyrrole nitrogens is 1. The number of fused-ring (bicyclic) bond motifs is 1. The Bertz CT molecular complexity index is 1300. The molecule has 0 saturated carbocycles. The molecule has 0 radical (unpaired) electrons. The van der Waals surface area contributed by atoms with Gasteiger partial charge in [0.15, 0.2) is 5.82 Å². The summed E-state index contributed by atoms with van der Waals surface area (Å²) in [6.07, 6.45) is 2.68. The number of amides is 1. The van der Waals surface area contributed by atoms with Crippen molar-refractivity contribution >= 4 is 22.5 Å². The van der Waals surface area contributed by atoms with Crippen LogP contribution in [0.2, 0.25) is 0 Å². The number of piperazine rings is 1. The van der Waals surface area contributed by atoms with Gasteiger partial charge in [-0.3, -0.25) is 14.8 Å². The van der Waals surface area contributed by atoms with E-state index in [9.17, 15) is 10.1 Å². The van der Waals surface area contributed by atoms with Crippen molar-refractivity contribution in [1.82, 2.24) is 20.0 Å². The number of nitrogens with zero attached hydrogens (tertiary/aromatic N) is 5. The molecule has 7 heteroatoms. The summed E-state index contributed by atoms with van der Waals surface area (Å²) in [6, 6.07) is 15.7. The summed E-state index contributed by atoms with van der Waals surface area (Å²) in [4.78, 5) is 18.8. The Hall–Kier alpha value is -3.63. The molecular formula is C26H26N6O. The van der Waals surface area contributed by atoms with Gasteiger partial charge in [0.05, 0.1) is 24.2 Å². The normalized spacial score (nSPS) is 21.9. The van der Waals surface area contributed by atoms with Gasteiger partial charge in [0.2, 0.25) is 5.91 Å². The number of nitrogens with one attached hydrogen (secondary N) is 1. The Morgan fingerprint density at radius 3 is 2.91 bits per heavy atom. The molecule has 1 unspecified atom stereocenters. The zero-order valence-corrected chi connectivity index (χ0v) is 18.5. The maximum atomic E-state index is 12.2. The SMILES string of the molecule is C=CC(=O)N1CCN(c2n[nH]c3c2CN([C@@H]2Cc4cccc5cccc2c45)C3)CC1CC#N. The maximum Gasteiger partial charge on any atom is 0.246 e. The minimum absolute atomic E-state index is 0.108. The van der Waals surface area contributed by atoms with Crippen LogP contribution in [-0.2, 0) is 24.3 Å². The minimum atomic E-state index is -0.152. The summed E-state index contributed by atoms with van der Waals surface area (Å²) < 4.78 is 0. The van der Waals surface area contributed by atoms with Gasteiger partial charge in [0, 0.05) is 44.3 Å². The maximum absolute atomic E-state index is 12.2. The van der Waals surface area contributed by atoms with Crippen LogP contribution in [0.15, 0.2) is 49.1 Å². The van der Waals surface area contributed by atoms with Crippen LogP contribution in [-0.4, -0.2) is 51.6 Å². The molecule has 3 heterocycles. The van der Waals surface area contributed by atoms with Crippen LogP contribution in [0, 0.1) is 11.3 Å². The number of anilines is 1. The van der Waals surface area contributed by atoms with Crippen LogP contribution in [0.3, 0.4) is 0 Å².